The SMILES string of the molecule is CC(C)c1[nH]n(Cc2ccc3ccc(C(=N)N)cc3c2)c(=O)c1Cc1ccc(C(=N)N)cc1. The second kappa shape index (κ2) is 8.78. The Bertz CT molecular complexity index is 1410. The molecule has 0 amide bonds. The van der Waals surface area contributed by atoms with Crippen LogP contribution in [0.1, 0.15) is 53.3 Å². The second-order valence-electron chi connectivity index (χ2n) is 8.65. The van der Waals surface area contributed by atoms with Crippen molar-refractivity contribution in [3.63, 3.8) is 0 Å². The minimum atomic E-state index is -0.0353. The summed E-state index contributed by atoms with van der Waals surface area (Å²) in [5.41, 5.74) is 16.1. The molecular formula is C26H28N6O. The molecule has 0 aliphatic carbocycles. The predicted molar refractivity (Wildman–Crippen MR) is 133 cm³/mol. The van der Waals surface area contributed by atoms with Crippen molar-refractivity contribution in [2.75, 3.05) is 0 Å². The molecule has 3 aromatic carbocycles. The summed E-state index contributed by atoms with van der Waals surface area (Å²) >= 11 is 0. The second-order valence-corrected chi connectivity index (χ2v) is 8.65. The lowest BCUT2D eigenvalue weighted by atomic mass is 9.99. The van der Waals surface area contributed by atoms with Crippen LogP contribution in [-0.4, -0.2) is 21.5 Å². The average molecular weight is 441 g/mol. The minimum absolute atomic E-state index is 0.0271. The summed E-state index contributed by atoms with van der Waals surface area (Å²) < 4.78 is 1.66. The molecule has 0 aliphatic heterocycles. The molecule has 0 saturated carbocycles. The van der Waals surface area contributed by atoms with Crippen LogP contribution < -0.4 is 17.0 Å². The topological polar surface area (TPSA) is 138 Å². The van der Waals surface area contributed by atoms with E-state index in [1.54, 1.807) is 4.68 Å². The van der Waals surface area contributed by atoms with Gasteiger partial charge in [-0.15, -0.1) is 0 Å². The Morgan fingerprint density at radius 3 is 2.12 bits per heavy atom. The molecule has 0 unspecified atom stereocenters. The summed E-state index contributed by atoms with van der Waals surface area (Å²) in [5.74, 6) is 0.227. The number of nitrogens with zero attached hydrogens (tertiary/aromatic N) is 1. The molecule has 0 fully saturated rings. The van der Waals surface area contributed by atoms with Crippen LogP contribution in [0.5, 0.6) is 0 Å². The Kier molecular flexibility index (Phi) is 5.87. The molecule has 1 aromatic heterocycles. The van der Waals surface area contributed by atoms with Crippen LogP contribution in [0.15, 0.2) is 65.5 Å². The maximum atomic E-state index is 13.3. The van der Waals surface area contributed by atoms with Crippen molar-refractivity contribution < 1.29 is 0 Å². The Morgan fingerprint density at radius 1 is 0.879 bits per heavy atom. The van der Waals surface area contributed by atoms with Crippen molar-refractivity contribution in [3.8, 4) is 0 Å². The smallest absolute Gasteiger partial charge is 0.270 e. The van der Waals surface area contributed by atoms with Gasteiger partial charge in [-0.05, 0) is 39.9 Å². The highest BCUT2D eigenvalue weighted by Gasteiger charge is 2.17. The van der Waals surface area contributed by atoms with E-state index in [-0.39, 0.29) is 23.1 Å². The third-order valence-electron chi connectivity index (χ3n) is 5.86. The van der Waals surface area contributed by atoms with Crippen molar-refractivity contribution in [3.05, 3.63) is 105 Å². The van der Waals surface area contributed by atoms with E-state index < -0.39 is 0 Å². The van der Waals surface area contributed by atoms with E-state index >= 15 is 0 Å². The van der Waals surface area contributed by atoms with Crippen molar-refractivity contribution in [2.45, 2.75) is 32.7 Å². The van der Waals surface area contributed by atoms with E-state index in [0.29, 0.717) is 24.1 Å². The highest BCUT2D eigenvalue weighted by atomic mass is 16.1. The van der Waals surface area contributed by atoms with Crippen LogP contribution in [-0.2, 0) is 13.0 Å². The fourth-order valence-corrected chi connectivity index (χ4v) is 4.05. The number of rotatable bonds is 7. The molecule has 0 aliphatic rings. The lowest BCUT2D eigenvalue weighted by molar-refractivity contribution is 0.640. The number of aromatic nitrogens is 2. The standard InChI is InChI=1S/C26H28N6O/c1-15(2)23-22(12-16-3-7-19(8-4-16)24(27)28)26(33)32(31-23)14-17-5-6-18-9-10-20(25(29)30)13-21(18)11-17/h3-11,13,15,31H,12,14H2,1-2H3,(H3,27,28)(H3,29,30). The van der Waals surface area contributed by atoms with E-state index in [1.807, 2.05) is 60.7 Å². The summed E-state index contributed by atoms with van der Waals surface area (Å²) in [5, 5.41) is 20.6. The number of H-pyrrole nitrogens is 1. The van der Waals surface area contributed by atoms with E-state index in [4.69, 9.17) is 22.3 Å². The van der Waals surface area contributed by atoms with Crippen molar-refractivity contribution in [1.82, 2.24) is 9.78 Å². The number of hydrogen-bond donors (Lipinski definition) is 5. The molecular weight excluding hydrogens is 412 g/mol. The zero-order valence-corrected chi connectivity index (χ0v) is 18.8. The molecule has 7 N–H and O–H groups in total. The molecule has 4 aromatic rings. The molecule has 4 rings (SSSR count). The highest BCUT2D eigenvalue weighted by molar-refractivity contribution is 5.99. The fourth-order valence-electron chi connectivity index (χ4n) is 4.05. The third kappa shape index (κ3) is 4.57. The molecule has 7 heteroatoms. The van der Waals surface area contributed by atoms with Gasteiger partial charge in [-0.2, -0.15) is 0 Å². The first-order valence-electron chi connectivity index (χ1n) is 10.8. The van der Waals surface area contributed by atoms with Gasteiger partial charge in [0, 0.05) is 28.8 Å². The number of aromatic amines is 1. The van der Waals surface area contributed by atoms with Gasteiger partial charge >= 0.3 is 0 Å². The summed E-state index contributed by atoms with van der Waals surface area (Å²) in [6.45, 7) is 4.55. The van der Waals surface area contributed by atoms with E-state index in [9.17, 15) is 4.79 Å². The number of nitrogens with two attached hydrogens (primary N) is 2. The number of hydrogen-bond acceptors (Lipinski definition) is 3. The Labute approximate surface area is 192 Å². The summed E-state index contributed by atoms with van der Waals surface area (Å²) in [6.07, 6.45) is 0.508. The van der Waals surface area contributed by atoms with Crippen LogP contribution in [0, 0.1) is 10.8 Å². The lowest BCUT2D eigenvalue weighted by Gasteiger charge is -2.07. The first kappa shape index (κ1) is 22.1. The number of benzene rings is 3. The first-order valence-corrected chi connectivity index (χ1v) is 10.8. The van der Waals surface area contributed by atoms with Crippen LogP contribution >= 0.6 is 0 Å². The van der Waals surface area contributed by atoms with Gasteiger partial charge in [-0.1, -0.05) is 62.4 Å². The zero-order chi connectivity index (χ0) is 23.7. The average Bonchev–Trinajstić information content (AvgIpc) is 3.09. The Hall–Kier alpha value is -4.13. The van der Waals surface area contributed by atoms with Crippen LogP contribution in [0.4, 0.5) is 0 Å². The maximum Gasteiger partial charge on any atom is 0.270 e. The van der Waals surface area contributed by atoms with Gasteiger partial charge in [0.2, 0.25) is 0 Å². The molecule has 33 heavy (non-hydrogen) atoms. The maximum absolute atomic E-state index is 13.3. The molecule has 7 nitrogen and oxygen atoms in total. The van der Waals surface area contributed by atoms with Gasteiger partial charge < -0.3 is 11.5 Å². The van der Waals surface area contributed by atoms with Crippen LogP contribution in [0.3, 0.4) is 0 Å². The normalized spacial score (nSPS) is 11.2. The highest BCUT2D eigenvalue weighted by Crippen LogP contribution is 2.21. The van der Waals surface area contributed by atoms with E-state index in [2.05, 4.69) is 18.9 Å². The first-order chi connectivity index (χ1) is 15.7. The number of amidine groups is 2. The third-order valence-corrected chi connectivity index (χ3v) is 5.86. The predicted octanol–water partition coefficient (Wildman–Crippen LogP) is 3.66. The van der Waals surface area contributed by atoms with E-state index in [1.165, 1.54) is 0 Å². The number of nitrogen functional groups attached to an aromatic ring is 2. The van der Waals surface area contributed by atoms with Crippen LogP contribution in [0.25, 0.3) is 10.8 Å². The van der Waals surface area contributed by atoms with Gasteiger partial charge in [-0.3, -0.25) is 20.7 Å². The van der Waals surface area contributed by atoms with Gasteiger partial charge in [0.1, 0.15) is 11.7 Å². The zero-order valence-electron chi connectivity index (χ0n) is 18.8. The molecule has 0 spiro atoms. The van der Waals surface area contributed by atoms with Gasteiger partial charge in [0.15, 0.2) is 0 Å². The monoisotopic (exact) mass is 440 g/mol. The van der Waals surface area contributed by atoms with Crippen LogP contribution in [0.2, 0.25) is 0 Å². The Balaban J connectivity index is 1.66. The van der Waals surface area contributed by atoms with Crippen molar-refractivity contribution in [2.24, 2.45) is 11.5 Å². The molecule has 168 valence electrons. The summed E-state index contributed by atoms with van der Waals surface area (Å²) in [4.78, 5) is 13.3. The Morgan fingerprint density at radius 2 is 1.48 bits per heavy atom. The molecule has 0 atom stereocenters. The molecule has 0 radical (unpaired) electrons. The largest absolute Gasteiger partial charge is 0.384 e. The minimum Gasteiger partial charge on any atom is -0.384 e. The summed E-state index contributed by atoms with van der Waals surface area (Å²) in [6, 6.07) is 19.2. The summed E-state index contributed by atoms with van der Waals surface area (Å²) in [7, 11) is 0. The van der Waals surface area contributed by atoms with Gasteiger partial charge in [0.05, 0.1) is 6.54 Å². The molecule has 0 saturated heterocycles. The number of nitrogens with one attached hydrogen (secondary N) is 3. The lowest BCUT2D eigenvalue weighted by Crippen LogP contribution is -2.20. The van der Waals surface area contributed by atoms with Gasteiger partial charge in [0.25, 0.3) is 5.56 Å². The van der Waals surface area contributed by atoms with Gasteiger partial charge in [-0.25, -0.2) is 4.68 Å². The van der Waals surface area contributed by atoms with E-state index in [0.717, 1.165) is 33.2 Å². The quantitative estimate of drug-likeness (QED) is 0.221. The number of fused-ring (bicyclic) bond motifs is 1. The molecule has 0 bridgehead atoms. The molecule has 1 heterocycles. The van der Waals surface area contributed by atoms with Crippen molar-refractivity contribution >= 4 is 22.4 Å². The fraction of sp³-hybridized carbons (Fsp3) is 0.192. The van der Waals surface area contributed by atoms with Crippen molar-refractivity contribution in [1.29, 1.82) is 10.8 Å².